The first-order valence-electron chi connectivity index (χ1n) is 6.98. The molecule has 0 bridgehead atoms. The summed E-state index contributed by atoms with van der Waals surface area (Å²) in [4.78, 5) is 13.2. The Hall–Kier alpha value is -2.37. The molecular weight excluding hydrogens is 268 g/mol. The molecule has 0 saturated heterocycles. The number of hydrogen-bond donors (Lipinski definition) is 1. The first-order chi connectivity index (χ1) is 10.1. The van der Waals surface area contributed by atoms with Crippen LogP contribution >= 0.6 is 0 Å². The number of hydrogen-bond acceptors (Lipinski definition) is 4. The van der Waals surface area contributed by atoms with E-state index in [1.54, 1.807) is 12.4 Å². The average Bonchev–Trinajstić information content (AvgIpc) is 2.99. The zero-order valence-electron chi connectivity index (χ0n) is 12.3. The molecule has 0 saturated carbocycles. The molecule has 21 heavy (non-hydrogen) atoms. The lowest BCUT2D eigenvalue weighted by molar-refractivity contribution is -0.123. The highest BCUT2D eigenvalue weighted by molar-refractivity contribution is 5.77. The second-order valence-electron chi connectivity index (χ2n) is 4.99. The van der Waals surface area contributed by atoms with Gasteiger partial charge < -0.3 is 10.1 Å². The Balaban J connectivity index is 1.68. The monoisotopic (exact) mass is 288 g/mol. The Bertz CT molecular complexity index is 550. The van der Waals surface area contributed by atoms with Crippen molar-refractivity contribution in [2.24, 2.45) is 0 Å². The third-order valence-electron chi connectivity index (χ3n) is 3.02. The first-order valence-corrected chi connectivity index (χ1v) is 6.98. The van der Waals surface area contributed by atoms with Gasteiger partial charge in [0.25, 0.3) is 5.91 Å². The van der Waals surface area contributed by atoms with Crippen LogP contribution in [0.4, 0.5) is 0 Å². The number of aromatic nitrogens is 3. The van der Waals surface area contributed by atoms with Crippen LogP contribution in [0.1, 0.15) is 25.3 Å². The fourth-order valence-electron chi connectivity index (χ4n) is 1.80. The van der Waals surface area contributed by atoms with E-state index in [1.165, 1.54) is 10.4 Å². The van der Waals surface area contributed by atoms with Gasteiger partial charge in [-0.3, -0.25) is 4.79 Å². The van der Waals surface area contributed by atoms with Crippen LogP contribution in [0.2, 0.25) is 0 Å². The van der Waals surface area contributed by atoms with Gasteiger partial charge in [0.2, 0.25) is 0 Å². The highest BCUT2D eigenvalue weighted by atomic mass is 16.5. The molecule has 6 heteroatoms. The standard InChI is InChI=1S/C15H20N4O2/c1-12(2)13-3-5-14(6-4-13)21-11-15(20)16-9-10-19-17-7-8-18-19/h3-8,12H,9-11H2,1-2H3,(H,16,20). The minimum atomic E-state index is -0.157. The molecule has 2 aromatic rings. The van der Waals surface area contributed by atoms with Crippen LogP contribution in [0.15, 0.2) is 36.7 Å². The van der Waals surface area contributed by atoms with E-state index < -0.39 is 0 Å². The minimum absolute atomic E-state index is 0.00750. The van der Waals surface area contributed by atoms with Crippen molar-refractivity contribution in [1.29, 1.82) is 0 Å². The number of ether oxygens (including phenoxy) is 1. The smallest absolute Gasteiger partial charge is 0.258 e. The van der Waals surface area contributed by atoms with E-state index in [-0.39, 0.29) is 12.5 Å². The minimum Gasteiger partial charge on any atom is -0.484 e. The van der Waals surface area contributed by atoms with E-state index >= 15 is 0 Å². The second kappa shape index (κ2) is 7.42. The molecule has 0 aliphatic rings. The molecule has 0 fully saturated rings. The Morgan fingerprint density at radius 1 is 1.24 bits per heavy atom. The van der Waals surface area contributed by atoms with Crippen molar-refractivity contribution in [3.05, 3.63) is 42.2 Å². The van der Waals surface area contributed by atoms with Crippen molar-refractivity contribution < 1.29 is 9.53 Å². The Morgan fingerprint density at radius 2 is 1.90 bits per heavy atom. The lowest BCUT2D eigenvalue weighted by Gasteiger charge is -2.09. The van der Waals surface area contributed by atoms with Crippen LogP contribution in [0, 0.1) is 0 Å². The maximum Gasteiger partial charge on any atom is 0.258 e. The van der Waals surface area contributed by atoms with Crippen LogP contribution in [-0.2, 0) is 11.3 Å². The number of carbonyl (C=O) groups is 1. The summed E-state index contributed by atoms with van der Waals surface area (Å²) in [5.74, 6) is 1.02. The predicted octanol–water partition coefficient (Wildman–Crippen LogP) is 1.60. The Morgan fingerprint density at radius 3 is 2.52 bits per heavy atom. The number of nitrogens with one attached hydrogen (secondary N) is 1. The molecule has 0 radical (unpaired) electrons. The molecule has 112 valence electrons. The third kappa shape index (κ3) is 4.91. The van der Waals surface area contributed by atoms with Gasteiger partial charge in [-0.15, -0.1) is 0 Å². The van der Waals surface area contributed by atoms with Crippen LogP contribution < -0.4 is 10.1 Å². The van der Waals surface area contributed by atoms with Crippen LogP contribution in [0.25, 0.3) is 0 Å². The Kier molecular flexibility index (Phi) is 5.31. The molecular formula is C15H20N4O2. The normalized spacial score (nSPS) is 10.6. The van der Waals surface area contributed by atoms with Gasteiger partial charge >= 0.3 is 0 Å². The summed E-state index contributed by atoms with van der Waals surface area (Å²) in [6.07, 6.45) is 3.21. The molecule has 0 aliphatic carbocycles. The molecule has 0 unspecified atom stereocenters. The molecule has 6 nitrogen and oxygen atoms in total. The summed E-state index contributed by atoms with van der Waals surface area (Å²) in [6, 6.07) is 7.80. The number of nitrogens with zero attached hydrogens (tertiary/aromatic N) is 3. The number of amides is 1. The van der Waals surface area contributed by atoms with Crippen molar-refractivity contribution >= 4 is 5.91 Å². The molecule has 2 rings (SSSR count). The molecule has 1 heterocycles. The molecule has 0 aliphatic heterocycles. The summed E-state index contributed by atoms with van der Waals surface area (Å²) >= 11 is 0. The molecule has 1 amide bonds. The maximum atomic E-state index is 11.6. The van der Waals surface area contributed by atoms with Gasteiger partial charge in [0.1, 0.15) is 5.75 Å². The van der Waals surface area contributed by atoms with E-state index in [0.29, 0.717) is 24.8 Å². The number of rotatable bonds is 7. The van der Waals surface area contributed by atoms with Gasteiger partial charge in [-0.05, 0) is 23.6 Å². The number of carbonyl (C=O) groups excluding carboxylic acids is 1. The summed E-state index contributed by atoms with van der Waals surface area (Å²) in [6.45, 7) is 5.30. The quantitative estimate of drug-likeness (QED) is 0.840. The van der Waals surface area contributed by atoms with E-state index in [9.17, 15) is 4.79 Å². The van der Waals surface area contributed by atoms with Crippen molar-refractivity contribution in [3.8, 4) is 5.75 Å². The molecule has 1 N–H and O–H groups in total. The van der Waals surface area contributed by atoms with Gasteiger partial charge in [-0.2, -0.15) is 15.0 Å². The largest absolute Gasteiger partial charge is 0.484 e. The highest BCUT2D eigenvalue weighted by Gasteiger charge is 2.04. The summed E-state index contributed by atoms with van der Waals surface area (Å²) < 4.78 is 5.44. The maximum absolute atomic E-state index is 11.6. The lowest BCUT2D eigenvalue weighted by atomic mass is 10.0. The molecule has 0 atom stereocenters. The van der Waals surface area contributed by atoms with Crippen molar-refractivity contribution in [2.45, 2.75) is 26.3 Å². The van der Waals surface area contributed by atoms with Gasteiger partial charge in [0.05, 0.1) is 18.9 Å². The van der Waals surface area contributed by atoms with Crippen LogP contribution in [0.5, 0.6) is 5.75 Å². The molecule has 1 aromatic heterocycles. The summed E-state index contributed by atoms with van der Waals surface area (Å²) in [5, 5.41) is 10.7. The van der Waals surface area contributed by atoms with Crippen LogP contribution in [-0.4, -0.2) is 34.1 Å². The van der Waals surface area contributed by atoms with Crippen LogP contribution in [0.3, 0.4) is 0 Å². The Labute approximate surface area is 124 Å². The van der Waals surface area contributed by atoms with Gasteiger partial charge in [0, 0.05) is 6.54 Å². The van der Waals surface area contributed by atoms with Gasteiger partial charge in [-0.25, -0.2) is 0 Å². The van der Waals surface area contributed by atoms with Crippen molar-refractivity contribution in [3.63, 3.8) is 0 Å². The topological polar surface area (TPSA) is 69.0 Å². The number of benzene rings is 1. The third-order valence-corrected chi connectivity index (χ3v) is 3.02. The first kappa shape index (κ1) is 15.0. The summed E-state index contributed by atoms with van der Waals surface area (Å²) in [7, 11) is 0. The fraction of sp³-hybridized carbons (Fsp3) is 0.400. The van der Waals surface area contributed by atoms with Gasteiger partial charge in [0.15, 0.2) is 6.61 Å². The van der Waals surface area contributed by atoms with Crippen molar-refractivity contribution in [1.82, 2.24) is 20.3 Å². The van der Waals surface area contributed by atoms with Crippen molar-refractivity contribution in [2.75, 3.05) is 13.2 Å². The van der Waals surface area contributed by atoms with E-state index in [2.05, 4.69) is 29.4 Å². The molecule has 0 spiro atoms. The lowest BCUT2D eigenvalue weighted by Crippen LogP contribution is -2.32. The summed E-state index contributed by atoms with van der Waals surface area (Å²) in [5.41, 5.74) is 1.25. The SMILES string of the molecule is CC(C)c1ccc(OCC(=O)NCCn2nccn2)cc1. The fourth-order valence-corrected chi connectivity index (χ4v) is 1.80. The second-order valence-corrected chi connectivity index (χ2v) is 4.99. The average molecular weight is 288 g/mol. The van der Waals surface area contributed by atoms with E-state index in [1.807, 2.05) is 24.3 Å². The van der Waals surface area contributed by atoms with E-state index in [4.69, 9.17) is 4.74 Å². The molecule has 1 aromatic carbocycles. The highest BCUT2D eigenvalue weighted by Crippen LogP contribution is 2.18. The zero-order chi connectivity index (χ0) is 15.1. The van der Waals surface area contributed by atoms with Gasteiger partial charge in [-0.1, -0.05) is 26.0 Å². The van der Waals surface area contributed by atoms with E-state index in [0.717, 1.165) is 0 Å². The predicted molar refractivity (Wildman–Crippen MR) is 79.1 cm³/mol. The zero-order valence-corrected chi connectivity index (χ0v) is 12.3.